The smallest absolute Gasteiger partial charge is 0.249 e. The molecular formula is C19H11Cl2NO3. The van der Waals surface area contributed by atoms with Crippen LogP contribution >= 0.6 is 23.2 Å². The molecule has 2 aromatic rings. The summed E-state index contributed by atoms with van der Waals surface area (Å²) in [4.78, 5) is 41.9. The number of ketones is 3. The molecule has 0 aromatic heterocycles. The SMILES string of the molecule is O=C1C(=O)C2(CC2C(=O)c2ccc(Cl)c(Cl)c2)N=C1c1ccccc1. The molecule has 1 fully saturated rings. The lowest BCUT2D eigenvalue weighted by Gasteiger charge is -2.04. The Morgan fingerprint density at radius 1 is 1.04 bits per heavy atom. The monoisotopic (exact) mass is 371 g/mol. The Labute approximate surface area is 153 Å². The number of carbonyl (C=O) groups is 3. The van der Waals surface area contributed by atoms with Crippen LogP contribution in [0.25, 0.3) is 0 Å². The highest BCUT2D eigenvalue weighted by molar-refractivity contribution is 6.73. The van der Waals surface area contributed by atoms with E-state index < -0.39 is 23.0 Å². The lowest BCUT2D eigenvalue weighted by molar-refractivity contribution is -0.133. The molecule has 4 nitrogen and oxygen atoms in total. The van der Waals surface area contributed by atoms with Crippen LogP contribution in [0.4, 0.5) is 0 Å². The van der Waals surface area contributed by atoms with Crippen LogP contribution in [0.1, 0.15) is 22.3 Å². The molecule has 2 unspecified atom stereocenters. The highest BCUT2D eigenvalue weighted by atomic mass is 35.5. The van der Waals surface area contributed by atoms with Crippen LogP contribution in [-0.4, -0.2) is 28.6 Å². The Bertz CT molecular complexity index is 968. The normalized spacial score (nSPS) is 24.6. The number of aliphatic imine (C=N–C) groups is 1. The molecule has 1 saturated carbocycles. The van der Waals surface area contributed by atoms with E-state index in [1.807, 2.05) is 6.07 Å². The number of benzene rings is 2. The first-order valence-electron chi connectivity index (χ1n) is 7.68. The number of hydrogen-bond donors (Lipinski definition) is 0. The van der Waals surface area contributed by atoms with Gasteiger partial charge in [0.1, 0.15) is 11.3 Å². The molecule has 0 N–H and O–H groups in total. The molecule has 1 spiro atoms. The quantitative estimate of drug-likeness (QED) is 0.611. The van der Waals surface area contributed by atoms with Gasteiger partial charge < -0.3 is 0 Å². The van der Waals surface area contributed by atoms with Crippen molar-refractivity contribution in [3.63, 3.8) is 0 Å². The second kappa shape index (κ2) is 5.61. The third kappa shape index (κ3) is 2.44. The zero-order valence-electron chi connectivity index (χ0n) is 12.8. The zero-order valence-corrected chi connectivity index (χ0v) is 14.3. The first-order chi connectivity index (χ1) is 11.9. The maximum atomic E-state index is 12.7. The van der Waals surface area contributed by atoms with E-state index in [0.717, 1.165) is 0 Å². The summed E-state index contributed by atoms with van der Waals surface area (Å²) < 4.78 is 0. The van der Waals surface area contributed by atoms with Crippen molar-refractivity contribution in [2.45, 2.75) is 12.0 Å². The minimum Gasteiger partial charge on any atom is -0.294 e. The van der Waals surface area contributed by atoms with Gasteiger partial charge in [0.2, 0.25) is 11.6 Å². The van der Waals surface area contributed by atoms with E-state index in [1.54, 1.807) is 30.3 Å². The first kappa shape index (κ1) is 16.2. The summed E-state index contributed by atoms with van der Waals surface area (Å²) in [6, 6.07) is 13.4. The zero-order chi connectivity index (χ0) is 17.8. The molecule has 25 heavy (non-hydrogen) atoms. The molecule has 1 aliphatic carbocycles. The average Bonchev–Trinajstić information content (AvgIpc) is 3.30. The molecule has 0 bridgehead atoms. The number of carbonyl (C=O) groups excluding carboxylic acids is 3. The molecule has 2 aromatic carbocycles. The molecule has 0 amide bonds. The number of Topliss-reactive ketones (excluding diaryl/α,β-unsaturated/α-hetero) is 3. The number of rotatable bonds is 3. The summed E-state index contributed by atoms with van der Waals surface area (Å²) in [5.74, 6) is -2.12. The Hall–Kier alpha value is -2.30. The molecule has 0 saturated heterocycles. The van der Waals surface area contributed by atoms with Crippen molar-refractivity contribution in [2.24, 2.45) is 10.9 Å². The van der Waals surface area contributed by atoms with Crippen molar-refractivity contribution in [3.05, 3.63) is 69.7 Å². The topological polar surface area (TPSA) is 63.6 Å². The molecule has 2 aliphatic rings. The molecule has 1 aliphatic heterocycles. The van der Waals surface area contributed by atoms with Crippen molar-refractivity contribution in [2.75, 3.05) is 0 Å². The van der Waals surface area contributed by atoms with Gasteiger partial charge in [-0.1, -0.05) is 53.5 Å². The Balaban J connectivity index is 1.67. The molecular weight excluding hydrogens is 361 g/mol. The summed E-state index contributed by atoms with van der Waals surface area (Å²) in [6.45, 7) is 0. The lowest BCUT2D eigenvalue weighted by Crippen LogP contribution is -2.28. The Morgan fingerprint density at radius 2 is 1.76 bits per heavy atom. The van der Waals surface area contributed by atoms with Crippen LogP contribution < -0.4 is 0 Å². The van der Waals surface area contributed by atoms with Crippen molar-refractivity contribution < 1.29 is 14.4 Å². The van der Waals surface area contributed by atoms with E-state index in [1.165, 1.54) is 12.1 Å². The van der Waals surface area contributed by atoms with E-state index in [2.05, 4.69) is 4.99 Å². The van der Waals surface area contributed by atoms with E-state index in [0.29, 0.717) is 16.1 Å². The van der Waals surface area contributed by atoms with Gasteiger partial charge in [-0.15, -0.1) is 0 Å². The van der Waals surface area contributed by atoms with E-state index in [-0.39, 0.29) is 22.9 Å². The predicted molar refractivity (Wildman–Crippen MR) is 94.6 cm³/mol. The molecule has 4 rings (SSSR count). The largest absolute Gasteiger partial charge is 0.294 e. The van der Waals surface area contributed by atoms with E-state index >= 15 is 0 Å². The number of hydrogen-bond acceptors (Lipinski definition) is 4. The van der Waals surface area contributed by atoms with E-state index in [9.17, 15) is 14.4 Å². The van der Waals surface area contributed by atoms with Gasteiger partial charge in [-0.3, -0.25) is 19.4 Å². The van der Waals surface area contributed by atoms with Gasteiger partial charge in [-0.25, -0.2) is 0 Å². The first-order valence-corrected chi connectivity index (χ1v) is 8.43. The van der Waals surface area contributed by atoms with Gasteiger partial charge in [0.15, 0.2) is 5.78 Å². The van der Waals surface area contributed by atoms with Crippen molar-refractivity contribution >= 4 is 46.3 Å². The molecule has 6 heteroatoms. The maximum Gasteiger partial charge on any atom is 0.249 e. The Kier molecular flexibility index (Phi) is 3.63. The van der Waals surface area contributed by atoms with Gasteiger partial charge >= 0.3 is 0 Å². The van der Waals surface area contributed by atoms with Crippen LogP contribution in [0, 0.1) is 5.92 Å². The standard InChI is InChI=1S/C19H11Cl2NO3/c20-13-7-6-11(8-14(13)21)16(23)12-9-19(12)18(25)17(24)15(22-19)10-4-2-1-3-5-10/h1-8,12H,9H2. The minimum absolute atomic E-state index is 0.134. The maximum absolute atomic E-state index is 12.7. The van der Waals surface area contributed by atoms with Gasteiger partial charge in [-0.05, 0) is 24.6 Å². The summed E-state index contributed by atoms with van der Waals surface area (Å²) >= 11 is 11.8. The van der Waals surface area contributed by atoms with Crippen LogP contribution in [-0.2, 0) is 9.59 Å². The molecule has 2 atom stereocenters. The van der Waals surface area contributed by atoms with Crippen LogP contribution in [0.15, 0.2) is 53.5 Å². The van der Waals surface area contributed by atoms with E-state index in [4.69, 9.17) is 23.2 Å². The highest BCUT2D eigenvalue weighted by Gasteiger charge is 2.68. The molecule has 1 heterocycles. The second-order valence-electron chi connectivity index (χ2n) is 6.16. The summed E-state index contributed by atoms with van der Waals surface area (Å²) in [6.07, 6.45) is 0.243. The van der Waals surface area contributed by atoms with Crippen molar-refractivity contribution in [1.29, 1.82) is 0 Å². The van der Waals surface area contributed by atoms with Gasteiger partial charge in [-0.2, -0.15) is 0 Å². The fourth-order valence-electron chi connectivity index (χ4n) is 3.18. The summed E-state index contributed by atoms with van der Waals surface area (Å²) in [5.41, 5.74) is -0.161. The van der Waals surface area contributed by atoms with Gasteiger partial charge in [0.05, 0.1) is 16.0 Å². The minimum atomic E-state index is -1.24. The second-order valence-corrected chi connectivity index (χ2v) is 6.97. The molecule has 124 valence electrons. The summed E-state index contributed by atoms with van der Waals surface area (Å²) in [5, 5.41) is 0.616. The Morgan fingerprint density at radius 3 is 2.44 bits per heavy atom. The van der Waals surface area contributed by atoms with Crippen LogP contribution in [0.3, 0.4) is 0 Å². The fourth-order valence-corrected chi connectivity index (χ4v) is 3.48. The van der Waals surface area contributed by atoms with Crippen LogP contribution in [0.2, 0.25) is 10.0 Å². The highest BCUT2D eigenvalue weighted by Crippen LogP contribution is 2.52. The lowest BCUT2D eigenvalue weighted by atomic mass is 10.00. The predicted octanol–water partition coefficient (Wildman–Crippen LogP) is 3.58. The third-order valence-electron chi connectivity index (χ3n) is 4.63. The fraction of sp³-hybridized carbons (Fsp3) is 0.158. The van der Waals surface area contributed by atoms with Gasteiger partial charge in [0, 0.05) is 11.1 Å². The average molecular weight is 372 g/mol. The third-order valence-corrected chi connectivity index (χ3v) is 5.36. The van der Waals surface area contributed by atoms with Crippen molar-refractivity contribution in [3.8, 4) is 0 Å². The summed E-state index contributed by atoms with van der Waals surface area (Å²) in [7, 11) is 0. The van der Waals surface area contributed by atoms with Crippen molar-refractivity contribution in [1.82, 2.24) is 0 Å². The number of nitrogens with zero attached hydrogens (tertiary/aromatic N) is 1. The van der Waals surface area contributed by atoms with Gasteiger partial charge in [0.25, 0.3) is 0 Å². The van der Waals surface area contributed by atoms with Crippen LogP contribution in [0.5, 0.6) is 0 Å². The number of halogens is 2. The molecule has 0 radical (unpaired) electrons.